The van der Waals surface area contributed by atoms with E-state index in [1.165, 1.54) is 0 Å². The van der Waals surface area contributed by atoms with E-state index in [0.717, 1.165) is 25.7 Å². The summed E-state index contributed by atoms with van der Waals surface area (Å²) in [5.41, 5.74) is 0. The van der Waals surface area contributed by atoms with Crippen molar-refractivity contribution in [3.8, 4) is 6.01 Å². The average molecular weight is 383 g/mol. The Morgan fingerprint density at radius 1 is 0.889 bits per heavy atom. The summed E-state index contributed by atoms with van der Waals surface area (Å²) in [4.78, 5) is 35.1. The summed E-state index contributed by atoms with van der Waals surface area (Å²) in [6.45, 7) is 6.00. The predicted octanol–water partition coefficient (Wildman–Crippen LogP) is 2.38. The molecule has 27 heavy (non-hydrogen) atoms. The summed E-state index contributed by atoms with van der Waals surface area (Å²) in [5, 5.41) is 24.3. The van der Waals surface area contributed by atoms with Crippen LogP contribution in [0.3, 0.4) is 0 Å². The summed E-state index contributed by atoms with van der Waals surface area (Å²) in [6, 6.07) is -1.72. The molecule has 2 atom stereocenters. The van der Waals surface area contributed by atoms with E-state index in [1.54, 1.807) is 6.92 Å². The van der Waals surface area contributed by atoms with Gasteiger partial charge < -0.3 is 25.6 Å². The Hall–Kier alpha value is -2.65. The smallest absolute Gasteiger partial charge is 0.326 e. The highest BCUT2D eigenvalue weighted by molar-refractivity contribution is 5.77. The van der Waals surface area contributed by atoms with Crippen molar-refractivity contribution in [2.45, 2.75) is 71.4 Å². The van der Waals surface area contributed by atoms with Crippen molar-refractivity contribution < 1.29 is 24.5 Å². The Balaban J connectivity index is 3.03. The summed E-state index contributed by atoms with van der Waals surface area (Å²) in [6.07, 6.45) is 4.01. The fraction of sp³-hybridized carbons (Fsp3) is 0.706. The van der Waals surface area contributed by atoms with Crippen LogP contribution in [0.2, 0.25) is 0 Å². The third-order valence-electron chi connectivity index (χ3n) is 3.78. The number of rotatable bonds is 14. The second-order valence-corrected chi connectivity index (χ2v) is 6.05. The number of carboxylic acid groups (broad SMARTS) is 2. The molecule has 0 fully saturated rings. The zero-order chi connectivity index (χ0) is 20.2. The number of carbonyl (C=O) groups is 2. The maximum atomic E-state index is 11.4. The van der Waals surface area contributed by atoms with Crippen LogP contribution in [-0.4, -0.2) is 55.8 Å². The molecule has 0 amide bonds. The van der Waals surface area contributed by atoms with Gasteiger partial charge in [-0.25, -0.2) is 9.59 Å². The van der Waals surface area contributed by atoms with E-state index in [4.69, 9.17) is 4.74 Å². The number of carboxylic acids is 2. The molecule has 0 saturated heterocycles. The van der Waals surface area contributed by atoms with Gasteiger partial charge in [0, 0.05) is 0 Å². The Labute approximate surface area is 158 Å². The zero-order valence-corrected chi connectivity index (χ0v) is 16.1. The minimum absolute atomic E-state index is 0.00300. The van der Waals surface area contributed by atoms with Crippen LogP contribution >= 0.6 is 0 Å². The topological polar surface area (TPSA) is 147 Å². The van der Waals surface area contributed by atoms with Crippen LogP contribution in [0, 0.1) is 0 Å². The third kappa shape index (κ3) is 8.06. The van der Waals surface area contributed by atoms with Crippen molar-refractivity contribution in [2.24, 2.45) is 0 Å². The van der Waals surface area contributed by atoms with Gasteiger partial charge in [-0.1, -0.05) is 39.5 Å². The molecule has 0 bridgehead atoms. The summed E-state index contributed by atoms with van der Waals surface area (Å²) < 4.78 is 5.30. The van der Waals surface area contributed by atoms with E-state index >= 15 is 0 Å². The van der Waals surface area contributed by atoms with E-state index < -0.39 is 24.0 Å². The van der Waals surface area contributed by atoms with Gasteiger partial charge in [-0.3, -0.25) is 0 Å². The second kappa shape index (κ2) is 11.9. The molecule has 0 aromatic carbocycles. The van der Waals surface area contributed by atoms with Gasteiger partial charge in [0.05, 0.1) is 6.61 Å². The maximum absolute atomic E-state index is 11.4. The first-order valence-corrected chi connectivity index (χ1v) is 9.28. The van der Waals surface area contributed by atoms with Crippen LogP contribution < -0.4 is 15.4 Å². The number of aliphatic carboxylic acids is 2. The molecule has 2 unspecified atom stereocenters. The standard InChI is InChI=1S/C17H29N5O5/c1-4-7-9-11(13(23)24)18-15-20-16(22-17(21-15)27-6-3)19-12(14(25)26)10-8-5-2/h11-12H,4-10H2,1-3H3,(H,23,24)(H,25,26)(H2,18,19,20,21,22). The van der Waals surface area contributed by atoms with Crippen LogP contribution in [0.1, 0.15) is 59.3 Å². The first-order valence-electron chi connectivity index (χ1n) is 9.28. The number of hydrogen-bond acceptors (Lipinski definition) is 8. The van der Waals surface area contributed by atoms with Gasteiger partial charge in [0.2, 0.25) is 11.9 Å². The van der Waals surface area contributed by atoms with Crippen molar-refractivity contribution in [2.75, 3.05) is 17.2 Å². The lowest BCUT2D eigenvalue weighted by Gasteiger charge is -2.17. The Morgan fingerprint density at radius 2 is 1.33 bits per heavy atom. The van der Waals surface area contributed by atoms with Crippen molar-refractivity contribution in [3.05, 3.63) is 0 Å². The molecular weight excluding hydrogens is 354 g/mol. The van der Waals surface area contributed by atoms with Crippen LogP contribution in [0.25, 0.3) is 0 Å². The Bertz CT molecular complexity index is 567. The molecule has 0 aliphatic rings. The van der Waals surface area contributed by atoms with E-state index in [-0.39, 0.29) is 17.9 Å². The Kier molecular flexibility index (Phi) is 9.84. The normalized spacial score (nSPS) is 12.9. The van der Waals surface area contributed by atoms with Gasteiger partial charge in [0.15, 0.2) is 0 Å². The van der Waals surface area contributed by atoms with Crippen LogP contribution in [0.4, 0.5) is 11.9 Å². The molecule has 1 heterocycles. The molecule has 10 heteroatoms. The van der Waals surface area contributed by atoms with E-state index in [0.29, 0.717) is 19.4 Å². The van der Waals surface area contributed by atoms with Crippen molar-refractivity contribution >= 4 is 23.8 Å². The molecule has 1 aromatic rings. The van der Waals surface area contributed by atoms with Gasteiger partial charge in [0.25, 0.3) is 0 Å². The van der Waals surface area contributed by atoms with Crippen LogP contribution in [0.5, 0.6) is 6.01 Å². The van der Waals surface area contributed by atoms with Gasteiger partial charge in [-0.15, -0.1) is 0 Å². The fourth-order valence-electron chi connectivity index (χ4n) is 2.32. The minimum atomic E-state index is -1.01. The Morgan fingerprint density at radius 3 is 1.67 bits per heavy atom. The quantitative estimate of drug-likeness (QED) is 0.377. The number of ether oxygens (including phenoxy) is 1. The van der Waals surface area contributed by atoms with Crippen molar-refractivity contribution in [1.29, 1.82) is 0 Å². The molecule has 0 saturated carbocycles. The molecular formula is C17H29N5O5. The van der Waals surface area contributed by atoms with E-state index in [9.17, 15) is 19.8 Å². The highest BCUT2D eigenvalue weighted by Crippen LogP contribution is 2.16. The number of unbranched alkanes of at least 4 members (excludes halogenated alkanes) is 2. The molecule has 1 rings (SSSR count). The second-order valence-electron chi connectivity index (χ2n) is 6.05. The lowest BCUT2D eigenvalue weighted by atomic mass is 10.1. The SMILES string of the molecule is CCCCC(Nc1nc(NC(CCCC)C(=O)O)nc(OCC)n1)C(=O)O. The number of nitrogens with zero attached hydrogens (tertiary/aromatic N) is 3. The lowest BCUT2D eigenvalue weighted by Crippen LogP contribution is -2.32. The van der Waals surface area contributed by atoms with Gasteiger partial charge in [-0.2, -0.15) is 15.0 Å². The maximum Gasteiger partial charge on any atom is 0.326 e. The predicted molar refractivity (Wildman–Crippen MR) is 100 cm³/mol. The number of hydrogen-bond donors (Lipinski definition) is 4. The van der Waals surface area contributed by atoms with Gasteiger partial charge >= 0.3 is 17.9 Å². The number of nitrogens with one attached hydrogen (secondary N) is 2. The zero-order valence-electron chi connectivity index (χ0n) is 16.1. The molecule has 152 valence electrons. The van der Waals surface area contributed by atoms with Crippen molar-refractivity contribution in [3.63, 3.8) is 0 Å². The molecule has 0 aliphatic carbocycles. The summed E-state index contributed by atoms with van der Waals surface area (Å²) in [5.74, 6) is -1.97. The first-order chi connectivity index (χ1) is 12.9. The molecule has 1 aromatic heterocycles. The summed E-state index contributed by atoms with van der Waals surface area (Å²) in [7, 11) is 0. The summed E-state index contributed by atoms with van der Waals surface area (Å²) >= 11 is 0. The lowest BCUT2D eigenvalue weighted by molar-refractivity contribution is -0.139. The van der Waals surface area contributed by atoms with E-state index in [2.05, 4.69) is 25.6 Å². The van der Waals surface area contributed by atoms with Crippen LogP contribution in [0.15, 0.2) is 0 Å². The highest BCUT2D eigenvalue weighted by Gasteiger charge is 2.21. The first kappa shape index (κ1) is 22.4. The van der Waals surface area contributed by atoms with Gasteiger partial charge in [0.1, 0.15) is 12.1 Å². The average Bonchev–Trinajstić information content (AvgIpc) is 2.61. The minimum Gasteiger partial charge on any atom is -0.480 e. The molecule has 0 aliphatic heterocycles. The number of aromatic nitrogens is 3. The molecule has 0 spiro atoms. The molecule has 0 radical (unpaired) electrons. The van der Waals surface area contributed by atoms with Crippen LogP contribution in [-0.2, 0) is 9.59 Å². The number of anilines is 2. The fourth-order valence-corrected chi connectivity index (χ4v) is 2.32. The van der Waals surface area contributed by atoms with Crippen molar-refractivity contribution in [1.82, 2.24) is 15.0 Å². The third-order valence-corrected chi connectivity index (χ3v) is 3.78. The molecule has 10 nitrogen and oxygen atoms in total. The monoisotopic (exact) mass is 383 g/mol. The highest BCUT2D eigenvalue weighted by atomic mass is 16.5. The van der Waals surface area contributed by atoms with Gasteiger partial charge in [-0.05, 0) is 19.8 Å². The molecule has 4 N–H and O–H groups in total. The van der Waals surface area contributed by atoms with E-state index in [1.807, 2.05) is 13.8 Å². The largest absolute Gasteiger partial charge is 0.480 e.